The third-order valence-electron chi connectivity index (χ3n) is 4.51. The van der Waals surface area contributed by atoms with Crippen LogP contribution in [0.2, 0.25) is 0 Å². The summed E-state index contributed by atoms with van der Waals surface area (Å²) in [5.74, 6) is 2.44. The van der Waals surface area contributed by atoms with E-state index in [1.807, 2.05) is 30.3 Å². The molecule has 0 saturated heterocycles. The number of methoxy groups -OCH3 is 1. The van der Waals surface area contributed by atoms with Crippen LogP contribution in [-0.4, -0.2) is 7.11 Å². The normalized spacial score (nSPS) is 10.7. The zero-order valence-corrected chi connectivity index (χ0v) is 16.2. The maximum Gasteiger partial charge on any atom is 0.235 e. The highest BCUT2D eigenvalue weighted by molar-refractivity contribution is 5.79. The van der Waals surface area contributed by atoms with Gasteiger partial charge in [-0.05, 0) is 48.9 Å². The zero-order chi connectivity index (χ0) is 20.2. The number of hydrogen-bond acceptors (Lipinski definition) is 5. The number of fused-ring (bicyclic) bond motifs is 1. The molecular weight excluding hydrogens is 368 g/mol. The Kier molecular flexibility index (Phi) is 5.20. The molecule has 3 aromatic carbocycles. The summed E-state index contributed by atoms with van der Waals surface area (Å²) in [5.41, 5.74) is 1.29. The summed E-state index contributed by atoms with van der Waals surface area (Å²) >= 11 is 0. The fourth-order valence-electron chi connectivity index (χ4n) is 2.98. The molecule has 0 N–H and O–H groups in total. The summed E-state index contributed by atoms with van der Waals surface area (Å²) in [6.07, 6.45) is 0. The van der Waals surface area contributed by atoms with E-state index in [4.69, 9.17) is 18.6 Å². The molecule has 4 aromatic rings. The average Bonchev–Trinajstić information content (AvgIpc) is 2.76. The summed E-state index contributed by atoms with van der Waals surface area (Å²) in [6.45, 7) is 2.14. The van der Waals surface area contributed by atoms with Crippen molar-refractivity contribution in [2.75, 3.05) is 7.11 Å². The third-order valence-corrected chi connectivity index (χ3v) is 4.51. The molecule has 0 unspecified atom stereocenters. The van der Waals surface area contributed by atoms with Crippen molar-refractivity contribution in [3.8, 4) is 23.0 Å². The minimum absolute atomic E-state index is 0.167. The van der Waals surface area contributed by atoms with E-state index in [0.717, 1.165) is 5.56 Å². The topological polar surface area (TPSA) is 57.9 Å². The molecule has 0 aliphatic rings. The molecule has 5 heteroatoms. The molecule has 0 bridgehead atoms. The quantitative estimate of drug-likeness (QED) is 0.438. The van der Waals surface area contributed by atoms with Gasteiger partial charge < -0.3 is 18.6 Å². The molecule has 0 fully saturated rings. The predicted octanol–water partition coefficient (Wildman–Crippen LogP) is 5.48. The minimum Gasteiger partial charge on any atom is -0.497 e. The Balaban J connectivity index is 1.60. The second-order valence-electron chi connectivity index (χ2n) is 6.53. The lowest BCUT2D eigenvalue weighted by Crippen LogP contribution is -2.07. The monoisotopic (exact) mass is 388 g/mol. The zero-order valence-electron chi connectivity index (χ0n) is 16.2. The summed E-state index contributed by atoms with van der Waals surface area (Å²) in [4.78, 5) is 12.9. The number of benzene rings is 3. The van der Waals surface area contributed by atoms with E-state index < -0.39 is 0 Å². The van der Waals surface area contributed by atoms with Crippen LogP contribution < -0.4 is 19.6 Å². The summed E-state index contributed by atoms with van der Waals surface area (Å²) < 4.78 is 22.6. The second-order valence-corrected chi connectivity index (χ2v) is 6.53. The van der Waals surface area contributed by atoms with Crippen molar-refractivity contribution in [3.05, 3.63) is 94.3 Å². The Morgan fingerprint density at radius 3 is 2.28 bits per heavy atom. The van der Waals surface area contributed by atoms with Crippen LogP contribution in [0.5, 0.6) is 23.0 Å². The second kappa shape index (κ2) is 8.10. The van der Waals surface area contributed by atoms with E-state index in [1.54, 1.807) is 56.5 Å². The van der Waals surface area contributed by atoms with Gasteiger partial charge in [-0.15, -0.1) is 0 Å². The number of ether oxygens (including phenoxy) is 3. The van der Waals surface area contributed by atoms with Crippen LogP contribution in [0, 0.1) is 6.92 Å². The van der Waals surface area contributed by atoms with Crippen molar-refractivity contribution in [2.45, 2.75) is 13.5 Å². The van der Waals surface area contributed by atoms with E-state index in [-0.39, 0.29) is 11.2 Å². The summed E-state index contributed by atoms with van der Waals surface area (Å²) in [7, 11) is 1.59. The van der Waals surface area contributed by atoms with E-state index in [1.165, 1.54) is 0 Å². The molecule has 4 rings (SSSR count). The van der Waals surface area contributed by atoms with Crippen LogP contribution >= 0.6 is 0 Å². The standard InChI is InChI=1S/C24H20O5/c1-16-24(29-19-10-8-18(26-2)9-11-19)23(25)21-13-12-20(14-22(21)28-16)27-15-17-6-4-3-5-7-17/h3-14H,15H2,1-2H3. The van der Waals surface area contributed by atoms with Gasteiger partial charge in [0.15, 0.2) is 0 Å². The highest BCUT2D eigenvalue weighted by Gasteiger charge is 2.14. The van der Waals surface area contributed by atoms with Crippen molar-refractivity contribution >= 4 is 11.0 Å². The fraction of sp³-hybridized carbons (Fsp3) is 0.125. The van der Waals surface area contributed by atoms with Gasteiger partial charge in [0.1, 0.15) is 35.2 Å². The van der Waals surface area contributed by atoms with E-state index in [0.29, 0.717) is 40.6 Å². The highest BCUT2D eigenvalue weighted by atomic mass is 16.5. The lowest BCUT2D eigenvalue weighted by atomic mass is 10.2. The first-order chi connectivity index (χ1) is 14.1. The van der Waals surface area contributed by atoms with Gasteiger partial charge >= 0.3 is 0 Å². The highest BCUT2D eigenvalue weighted by Crippen LogP contribution is 2.28. The van der Waals surface area contributed by atoms with Crippen molar-refractivity contribution in [1.82, 2.24) is 0 Å². The summed E-state index contributed by atoms with van der Waals surface area (Å²) in [5, 5.41) is 0.436. The molecule has 1 heterocycles. The number of rotatable bonds is 6. The maximum absolute atomic E-state index is 12.9. The minimum atomic E-state index is -0.228. The molecule has 146 valence electrons. The first kappa shape index (κ1) is 18.6. The van der Waals surface area contributed by atoms with Crippen LogP contribution in [0.4, 0.5) is 0 Å². The molecule has 0 spiro atoms. The average molecular weight is 388 g/mol. The van der Waals surface area contributed by atoms with Crippen molar-refractivity contribution in [1.29, 1.82) is 0 Å². The van der Waals surface area contributed by atoms with Gasteiger partial charge in [0.2, 0.25) is 11.2 Å². The molecule has 0 amide bonds. The van der Waals surface area contributed by atoms with E-state index in [2.05, 4.69) is 0 Å². The van der Waals surface area contributed by atoms with Gasteiger partial charge in [0.25, 0.3) is 0 Å². The molecule has 5 nitrogen and oxygen atoms in total. The van der Waals surface area contributed by atoms with Gasteiger partial charge in [0, 0.05) is 6.07 Å². The Bertz CT molecular complexity index is 1180. The SMILES string of the molecule is COc1ccc(Oc2c(C)oc3cc(OCc4ccccc4)ccc3c2=O)cc1. The molecule has 0 aliphatic carbocycles. The lowest BCUT2D eigenvalue weighted by Gasteiger charge is -2.11. The van der Waals surface area contributed by atoms with E-state index in [9.17, 15) is 4.79 Å². The molecule has 0 saturated carbocycles. The van der Waals surface area contributed by atoms with Gasteiger partial charge in [-0.25, -0.2) is 0 Å². The molecular formula is C24H20O5. The summed E-state index contributed by atoms with van der Waals surface area (Å²) in [6, 6.07) is 22.1. The molecule has 29 heavy (non-hydrogen) atoms. The third kappa shape index (κ3) is 4.09. The van der Waals surface area contributed by atoms with Gasteiger partial charge in [-0.3, -0.25) is 4.79 Å². The van der Waals surface area contributed by atoms with Crippen molar-refractivity contribution in [3.63, 3.8) is 0 Å². The number of aryl methyl sites for hydroxylation is 1. The Morgan fingerprint density at radius 1 is 0.862 bits per heavy atom. The molecule has 0 atom stereocenters. The van der Waals surface area contributed by atoms with Gasteiger partial charge in [-0.2, -0.15) is 0 Å². The van der Waals surface area contributed by atoms with E-state index >= 15 is 0 Å². The van der Waals surface area contributed by atoms with Crippen LogP contribution in [0.3, 0.4) is 0 Å². The van der Waals surface area contributed by atoms with Gasteiger partial charge in [0.05, 0.1) is 12.5 Å². The van der Waals surface area contributed by atoms with Crippen molar-refractivity contribution < 1.29 is 18.6 Å². The molecule has 1 aromatic heterocycles. The Hall–Kier alpha value is -3.73. The maximum atomic E-state index is 12.9. The van der Waals surface area contributed by atoms with Crippen LogP contribution in [0.25, 0.3) is 11.0 Å². The first-order valence-electron chi connectivity index (χ1n) is 9.20. The predicted molar refractivity (Wildman–Crippen MR) is 111 cm³/mol. The fourth-order valence-corrected chi connectivity index (χ4v) is 2.98. The lowest BCUT2D eigenvalue weighted by molar-refractivity contribution is 0.306. The number of hydrogen-bond donors (Lipinski definition) is 0. The molecule has 0 aliphatic heterocycles. The Labute approximate surface area is 168 Å². The Morgan fingerprint density at radius 2 is 1.55 bits per heavy atom. The molecule has 0 radical (unpaired) electrons. The van der Waals surface area contributed by atoms with Crippen LogP contribution in [0.1, 0.15) is 11.3 Å². The first-order valence-corrected chi connectivity index (χ1v) is 9.20. The van der Waals surface area contributed by atoms with Crippen molar-refractivity contribution in [2.24, 2.45) is 0 Å². The van der Waals surface area contributed by atoms with Gasteiger partial charge in [-0.1, -0.05) is 30.3 Å². The van der Waals surface area contributed by atoms with Crippen LogP contribution in [0.15, 0.2) is 82.0 Å². The van der Waals surface area contributed by atoms with Crippen LogP contribution in [-0.2, 0) is 6.61 Å². The smallest absolute Gasteiger partial charge is 0.235 e. The largest absolute Gasteiger partial charge is 0.497 e.